The van der Waals surface area contributed by atoms with Crippen molar-refractivity contribution in [3.8, 4) is 5.75 Å². The van der Waals surface area contributed by atoms with Gasteiger partial charge in [-0.3, -0.25) is 0 Å². The van der Waals surface area contributed by atoms with Crippen molar-refractivity contribution in [2.24, 2.45) is 0 Å². The molecule has 0 amide bonds. The van der Waals surface area contributed by atoms with E-state index in [0.29, 0.717) is 21.5 Å². The lowest BCUT2D eigenvalue weighted by Gasteiger charge is -2.12. The van der Waals surface area contributed by atoms with Gasteiger partial charge in [-0.1, -0.05) is 13.3 Å². The van der Waals surface area contributed by atoms with Crippen LogP contribution in [0.2, 0.25) is 0 Å². The van der Waals surface area contributed by atoms with Crippen molar-refractivity contribution in [2.75, 3.05) is 20.5 Å². The van der Waals surface area contributed by atoms with Crippen LogP contribution in [-0.4, -0.2) is 20.5 Å². The zero-order valence-electron chi connectivity index (χ0n) is 10.7. The Morgan fingerprint density at radius 3 is 2.78 bits per heavy atom. The molecule has 0 aromatic heterocycles. The first-order valence-corrected chi connectivity index (χ1v) is 6.94. The predicted octanol–water partition coefficient (Wildman–Crippen LogP) is 3.73. The minimum absolute atomic E-state index is 0.183. The highest BCUT2D eigenvalue weighted by Crippen LogP contribution is 2.25. The molecule has 0 fully saturated rings. The lowest BCUT2D eigenvalue weighted by Crippen LogP contribution is -2.04. The van der Waals surface area contributed by atoms with Crippen LogP contribution in [0.3, 0.4) is 0 Å². The molecule has 5 heteroatoms. The summed E-state index contributed by atoms with van der Waals surface area (Å²) in [4.78, 5) is 0. The molecule has 0 aliphatic heterocycles. The fourth-order valence-electron chi connectivity index (χ4n) is 1.38. The molecule has 1 aromatic carbocycles. The molecular formula is C13H18FIO3. The fraction of sp³-hybridized carbons (Fsp3) is 0.538. The Balaban J connectivity index is 2.73. The quantitative estimate of drug-likeness (QED) is 0.398. The van der Waals surface area contributed by atoms with Gasteiger partial charge in [-0.2, -0.15) is 0 Å². The summed E-state index contributed by atoms with van der Waals surface area (Å²) >= 11 is 1.95. The van der Waals surface area contributed by atoms with E-state index >= 15 is 0 Å². The molecule has 0 saturated heterocycles. The van der Waals surface area contributed by atoms with Gasteiger partial charge in [0.2, 0.25) is 0 Å². The van der Waals surface area contributed by atoms with Crippen LogP contribution < -0.4 is 4.74 Å². The molecule has 0 saturated carbocycles. The first-order valence-electron chi connectivity index (χ1n) is 5.86. The zero-order valence-corrected chi connectivity index (χ0v) is 12.8. The molecule has 18 heavy (non-hydrogen) atoms. The minimum Gasteiger partial charge on any atom is -0.493 e. The van der Waals surface area contributed by atoms with Gasteiger partial charge in [0, 0.05) is 12.7 Å². The van der Waals surface area contributed by atoms with Crippen molar-refractivity contribution in [3.05, 3.63) is 27.1 Å². The van der Waals surface area contributed by atoms with Gasteiger partial charge in [-0.05, 0) is 41.1 Å². The number of halogens is 2. The van der Waals surface area contributed by atoms with E-state index < -0.39 is 0 Å². The normalized spacial score (nSPS) is 10.7. The number of ether oxygens (including phenoxy) is 3. The molecule has 0 atom stereocenters. The molecule has 1 aromatic rings. The number of unbranched alkanes of at least 4 members (excludes halogenated alkanes) is 1. The molecule has 0 aliphatic carbocycles. The third-order valence-electron chi connectivity index (χ3n) is 2.32. The topological polar surface area (TPSA) is 27.7 Å². The number of hydrogen-bond donors (Lipinski definition) is 0. The van der Waals surface area contributed by atoms with E-state index in [1.165, 1.54) is 6.07 Å². The summed E-state index contributed by atoms with van der Waals surface area (Å²) in [5.74, 6) is 0.430. The van der Waals surface area contributed by atoms with Crippen LogP contribution in [0, 0.1) is 9.39 Å². The van der Waals surface area contributed by atoms with Crippen LogP contribution in [0.5, 0.6) is 5.75 Å². The molecule has 3 nitrogen and oxygen atoms in total. The van der Waals surface area contributed by atoms with Crippen LogP contribution in [0.4, 0.5) is 4.39 Å². The van der Waals surface area contributed by atoms with Crippen molar-refractivity contribution in [1.82, 2.24) is 0 Å². The lowest BCUT2D eigenvalue weighted by molar-refractivity contribution is -0.0396. The molecule has 1 rings (SSSR count). The lowest BCUT2D eigenvalue weighted by atomic mass is 10.2. The van der Waals surface area contributed by atoms with E-state index in [1.54, 1.807) is 13.2 Å². The van der Waals surface area contributed by atoms with E-state index in [-0.39, 0.29) is 19.2 Å². The Bertz CT molecular complexity index is 336. The van der Waals surface area contributed by atoms with Gasteiger partial charge in [-0.15, -0.1) is 0 Å². The third-order valence-corrected chi connectivity index (χ3v) is 3.14. The largest absolute Gasteiger partial charge is 0.493 e. The van der Waals surface area contributed by atoms with Gasteiger partial charge in [0.25, 0.3) is 0 Å². The van der Waals surface area contributed by atoms with Gasteiger partial charge in [0.15, 0.2) is 0 Å². The highest BCUT2D eigenvalue weighted by molar-refractivity contribution is 14.1. The summed E-state index contributed by atoms with van der Waals surface area (Å²) in [5, 5.41) is 0. The predicted molar refractivity (Wildman–Crippen MR) is 76.2 cm³/mol. The Morgan fingerprint density at radius 2 is 2.11 bits per heavy atom. The monoisotopic (exact) mass is 368 g/mol. The number of hydrogen-bond acceptors (Lipinski definition) is 3. The maximum Gasteiger partial charge on any atom is 0.146 e. The van der Waals surface area contributed by atoms with Crippen molar-refractivity contribution in [1.29, 1.82) is 0 Å². The number of methoxy groups -OCH3 is 1. The van der Waals surface area contributed by atoms with Crippen molar-refractivity contribution < 1.29 is 18.6 Å². The molecule has 0 spiro atoms. The average Bonchev–Trinajstić information content (AvgIpc) is 2.35. The number of benzene rings is 1. The molecule has 0 heterocycles. The van der Waals surface area contributed by atoms with Crippen LogP contribution in [0.25, 0.3) is 0 Å². The molecule has 102 valence electrons. The Labute approximate surface area is 121 Å². The van der Waals surface area contributed by atoms with Crippen LogP contribution in [0.1, 0.15) is 25.3 Å². The van der Waals surface area contributed by atoms with Crippen molar-refractivity contribution in [3.63, 3.8) is 0 Å². The molecule has 0 radical (unpaired) electrons. The molecule has 0 aliphatic rings. The SMILES string of the molecule is CCCCOc1cc(I)c(F)cc1COCOC. The summed E-state index contributed by atoms with van der Waals surface area (Å²) in [6, 6.07) is 3.16. The standard InChI is InChI=1S/C13H18FIO3/c1-3-4-5-18-13-7-12(15)11(14)6-10(13)8-17-9-16-2/h6-7H,3-5,8-9H2,1-2H3. The maximum atomic E-state index is 13.5. The third kappa shape index (κ3) is 5.07. The van der Waals surface area contributed by atoms with Crippen molar-refractivity contribution in [2.45, 2.75) is 26.4 Å². The Morgan fingerprint density at radius 1 is 1.33 bits per heavy atom. The van der Waals surface area contributed by atoms with Gasteiger partial charge < -0.3 is 14.2 Å². The maximum absolute atomic E-state index is 13.5. The van der Waals surface area contributed by atoms with E-state index in [1.807, 2.05) is 22.6 Å². The Hall–Kier alpha value is -0.400. The van der Waals surface area contributed by atoms with Gasteiger partial charge in [0.1, 0.15) is 18.4 Å². The molecular weight excluding hydrogens is 350 g/mol. The van der Waals surface area contributed by atoms with Gasteiger partial charge in [-0.25, -0.2) is 4.39 Å². The van der Waals surface area contributed by atoms with Crippen LogP contribution >= 0.6 is 22.6 Å². The highest BCUT2D eigenvalue weighted by atomic mass is 127. The summed E-state index contributed by atoms with van der Waals surface area (Å²) < 4.78 is 29.7. The van der Waals surface area contributed by atoms with E-state index in [4.69, 9.17) is 14.2 Å². The van der Waals surface area contributed by atoms with Crippen LogP contribution in [0.15, 0.2) is 12.1 Å². The van der Waals surface area contributed by atoms with Crippen LogP contribution in [-0.2, 0) is 16.1 Å². The highest BCUT2D eigenvalue weighted by Gasteiger charge is 2.09. The minimum atomic E-state index is -0.255. The van der Waals surface area contributed by atoms with Gasteiger partial charge in [0.05, 0.1) is 16.8 Å². The smallest absolute Gasteiger partial charge is 0.146 e. The molecule has 0 N–H and O–H groups in total. The summed E-state index contributed by atoms with van der Waals surface area (Å²) in [6.07, 6.45) is 2.04. The molecule has 0 unspecified atom stereocenters. The second kappa shape index (κ2) is 8.66. The average molecular weight is 368 g/mol. The zero-order chi connectivity index (χ0) is 13.4. The van der Waals surface area contributed by atoms with E-state index in [0.717, 1.165) is 12.8 Å². The van der Waals surface area contributed by atoms with Crippen molar-refractivity contribution >= 4 is 22.6 Å². The summed E-state index contributed by atoms with van der Waals surface area (Å²) in [5.41, 5.74) is 0.709. The fourth-order valence-corrected chi connectivity index (χ4v) is 1.82. The Kier molecular flexibility index (Phi) is 7.53. The number of rotatable bonds is 8. The van der Waals surface area contributed by atoms with E-state index in [2.05, 4.69) is 6.92 Å². The summed E-state index contributed by atoms with van der Waals surface area (Å²) in [6.45, 7) is 3.20. The second-order valence-electron chi connectivity index (χ2n) is 3.83. The first-order chi connectivity index (χ1) is 8.69. The summed E-state index contributed by atoms with van der Waals surface area (Å²) in [7, 11) is 1.55. The molecule has 0 bridgehead atoms. The van der Waals surface area contributed by atoms with Gasteiger partial charge >= 0.3 is 0 Å². The first kappa shape index (κ1) is 15.7. The van der Waals surface area contributed by atoms with E-state index in [9.17, 15) is 4.39 Å². The second-order valence-corrected chi connectivity index (χ2v) is 4.99.